The van der Waals surface area contributed by atoms with Gasteiger partial charge in [-0.25, -0.2) is 9.59 Å². The first-order chi connectivity index (χ1) is 12.8. The Morgan fingerprint density at radius 1 is 1.04 bits per heavy atom. The fraction of sp³-hybridized carbons (Fsp3) is 0.600. The standard InChI is InChI=1S/C18H27ClN2.C2H2O4/c1-15-3-2-4-18(13-15)21-11-9-20(10-12-21)14-16-5-7-17(19)8-6-16;3-1(4)2(5)6/h5-8,15,18H,2-4,9-14H2,1H3;(H,3,4)(H,5,6). The lowest BCUT2D eigenvalue weighted by Gasteiger charge is -2.42. The number of piperazine rings is 1. The van der Waals surface area contributed by atoms with Gasteiger partial charge < -0.3 is 10.2 Å². The van der Waals surface area contributed by atoms with Crippen molar-refractivity contribution in [2.24, 2.45) is 5.92 Å². The third kappa shape index (κ3) is 7.48. The number of halogens is 1. The van der Waals surface area contributed by atoms with E-state index in [0.29, 0.717) is 0 Å². The van der Waals surface area contributed by atoms with E-state index in [4.69, 9.17) is 31.4 Å². The highest BCUT2D eigenvalue weighted by Crippen LogP contribution is 2.28. The maximum atomic E-state index is 9.10. The molecule has 1 saturated heterocycles. The Morgan fingerprint density at radius 3 is 2.15 bits per heavy atom. The number of benzene rings is 1. The molecule has 2 unspecified atom stereocenters. The average Bonchev–Trinajstić information content (AvgIpc) is 2.65. The van der Waals surface area contributed by atoms with E-state index in [1.807, 2.05) is 12.1 Å². The number of carbonyl (C=O) groups is 2. The third-order valence-corrected chi connectivity index (χ3v) is 5.59. The van der Waals surface area contributed by atoms with Gasteiger partial charge >= 0.3 is 11.9 Å². The molecule has 1 aliphatic heterocycles. The van der Waals surface area contributed by atoms with Crippen LogP contribution >= 0.6 is 11.6 Å². The van der Waals surface area contributed by atoms with Crippen molar-refractivity contribution in [2.45, 2.75) is 45.2 Å². The number of hydrogen-bond acceptors (Lipinski definition) is 4. The van der Waals surface area contributed by atoms with Crippen LogP contribution in [0.1, 0.15) is 38.2 Å². The van der Waals surface area contributed by atoms with Crippen LogP contribution in [-0.2, 0) is 16.1 Å². The van der Waals surface area contributed by atoms with Gasteiger partial charge in [-0.3, -0.25) is 9.80 Å². The Balaban J connectivity index is 0.000000380. The second kappa shape index (κ2) is 10.6. The van der Waals surface area contributed by atoms with E-state index in [1.54, 1.807) is 0 Å². The van der Waals surface area contributed by atoms with E-state index in [1.165, 1.54) is 57.4 Å². The van der Waals surface area contributed by atoms with Gasteiger partial charge in [-0.1, -0.05) is 43.5 Å². The summed E-state index contributed by atoms with van der Waals surface area (Å²) in [6.07, 6.45) is 5.70. The first-order valence-electron chi connectivity index (χ1n) is 9.52. The lowest BCUT2D eigenvalue weighted by molar-refractivity contribution is -0.159. The van der Waals surface area contributed by atoms with Crippen LogP contribution in [0.25, 0.3) is 0 Å². The Labute approximate surface area is 165 Å². The minimum absolute atomic E-state index is 0.829. The summed E-state index contributed by atoms with van der Waals surface area (Å²) >= 11 is 5.95. The van der Waals surface area contributed by atoms with Gasteiger partial charge in [0.15, 0.2) is 0 Å². The molecule has 1 saturated carbocycles. The van der Waals surface area contributed by atoms with Gasteiger partial charge in [-0.15, -0.1) is 0 Å². The molecule has 27 heavy (non-hydrogen) atoms. The molecule has 2 fully saturated rings. The van der Waals surface area contributed by atoms with Crippen LogP contribution in [-0.4, -0.2) is 64.2 Å². The second-order valence-corrected chi connectivity index (χ2v) is 7.91. The lowest BCUT2D eigenvalue weighted by atomic mass is 9.86. The maximum absolute atomic E-state index is 9.10. The summed E-state index contributed by atoms with van der Waals surface area (Å²) in [7, 11) is 0. The van der Waals surface area contributed by atoms with Crippen molar-refractivity contribution in [2.75, 3.05) is 26.2 Å². The van der Waals surface area contributed by atoms with Crippen molar-refractivity contribution in [3.8, 4) is 0 Å². The first kappa shape index (κ1) is 21.7. The van der Waals surface area contributed by atoms with Gasteiger partial charge in [0.2, 0.25) is 0 Å². The summed E-state index contributed by atoms with van der Waals surface area (Å²) in [5.41, 5.74) is 1.37. The van der Waals surface area contributed by atoms with Crippen molar-refractivity contribution >= 4 is 23.5 Å². The highest BCUT2D eigenvalue weighted by Gasteiger charge is 2.27. The fourth-order valence-electron chi connectivity index (χ4n) is 3.87. The summed E-state index contributed by atoms with van der Waals surface area (Å²) in [4.78, 5) is 23.5. The SMILES string of the molecule is CC1CCCC(N2CCN(Cc3ccc(Cl)cc3)CC2)C1.O=C(O)C(=O)O. The summed E-state index contributed by atoms with van der Waals surface area (Å²) in [6.45, 7) is 8.37. The predicted molar refractivity (Wildman–Crippen MR) is 105 cm³/mol. The van der Waals surface area contributed by atoms with Gasteiger partial charge in [-0.2, -0.15) is 0 Å². The topological polar surface area (TPSA) is 81.1 Å². The average molecular weight is 397 g/mol. The van der Waals surface area contributed by atoms with Crippen molar-refractivity contribution < 1.29 is 19.8 Å². The molecule has 150 valence electrons. The predicted octanol–water partition coefficient (Wildman–Crippen LogP) is 3.19. The monoisotopic (exact) mass is 396 g/mol. The van der Waals surface area contributed by atoms with Crippen LogP contribution in [0.15, 0.2) is 24.3 Å². The van der Waals surface area contributed by atoms with E-state index in [-0.39, 0.29) is 0 Å². The van der Waals surface area contributed by atoms with Crippen LogP contribution in [0.5, 0.6) is 0 Å². The number of nitrogens with zero attached hydrogens (tertiary/aromatic N) is 2. The van der Waals surface area contributed by atoms with Crippen molar-refractivity contribution in [3.63, 3.8) is 0 Å². The van der Waals surface area contributed by atoms with E-state index in [9.17, 15) is 0 Å². The summed E-state index contributed by atoms with van der Waals surface area (Å²) in [5, 5.41) is 15.6. The summed E-state index contributed by atoms with van der Waals surface area (Å²) in [6, 6.07) is 9.15. The van der Waals surface area contributed by atoms with Crippen LogP contribution in [0.2, 0.25) is 5.02 Å². The normalized spacial score (nSPS) is 23.9. The van der Waals surface area contributed by atoms with Gasteiger partial charge in [0, 0.05) is 43.8 Å². The molecule has 0 radical (unpaired) electrons. The minimum Gasteiger partial charge on any atom is -0.473 e. The molecule has 1 aliphatic carbocycles. The smallest absolute Gasteiger partial charge is 0.414 e. The van der Waals surface area contributed by atoms with Crippen LogP contribution in [0, 0.1) is 5.92 Å². The largest absolute Gasteiger partial charge is 0.473 e. The fourth-order valence-corrected chi connectivity index (χ4v) is 3.99. The molecule has 0 spiro atoms. The number of aliphatic carboxylic acids is 2. The first-order valence-corrected chi connectivity index (χ1v) is 9.90. The molecule has 1 aromatic carbocycles. The number of rotatable bonds is 3. The van der Waals surface area contributed by atoms with E-state index >= 15 is 0 Å². The molecule has 0 amide bonds. The number of carboxylic acids is 2. The Hall–Kier alpha value is -1.63. The molecule has 1 aromatic rings. The maximum Gasteiger partial charge on any atom is 0.414 e. The highest BCUT2D eigenvalue weighted by molar-refractivity contribution is 6.30. The molecule has 0 aromatic heterocycles. The van der Waals surface area contributed by atoms with Crippen LogP contribution in [0.4, 0.5) is 0 Å². The Kier molecular flexibility index (Phi) is 8.54. The molecular weight excluding hydrogens is 368 g/mol. The lowest BCUT2D eigenvalue weighted by Crippen LogP contribution is -2.50. The van der Waals surface area contributed by atoms with Crippen LogP contribution < -0.4 is 0 Å². The van der Waals surface area contributed by atoms with Crippen molar-refractivity contribution in [3.05, 3.63) is 34.9 Å². The zero-order valence-corrected chi connectivity index (χ0v) is 16.6. The molecule has 6 nitrogen and oxygen atoms in total. The highest BCUT2D eigenvalue weighted by atomic mass is 35.5. The molecule has 0 bridgehead atoms. The van der Waals surface area contributed by atoms with Crippen LogP contribution in [0.3, 0.4) is 0 Å². The Morgan fingerprint density at radius 2 is 1.63 bits per heavy atom. The quantitative estimate of drug-likeness (QED) is 0.763. The molecule has 7 heteroatoms. The summed E-state index contributed by atoms with van der Waals surface area (Å²) in [5.74, 6) is -2.72. The Bertz CT molecular complexity index is 603. The number of carboxylic acid groups (broad SMARTS) is 2. The zero-order chi connectivity index (χ0) is 19.8. The molecule has 1 heterocycles. The second-order valence-electron chi connectivity index (χ2n) is 7.47. The summed E-state index contributed by atoms with van der Waals surface area (Å²) < 4.78 is 0. The van der Waals surface area contributed by atoms with E-state index in [2.05, 4.69) is 28.9 Å². The van der Waals surface area contributed by atoms with Gasteiger partial charge in [-0.05, 0) is 36.5 Å². The van der Waals surface area contributed by atoms with Gasteiger partial charge in [0.1, 0.15) is 0 Å². The molecule has 2 aliphatic rings. The van der Waals surface area contributed by atoms with E-state index in [0.717, 1.165) is 23.5 Å². The molecular formula is C20H29ClN2O4. The van der Waals surface area contributed by atoms with E-state index < -0.39 is 11.9 Å². The zero-order valence-electron chi connectivity index (χ0n) is 15.8. The minimum atomic E-state index is -1.82. The molecule has 2 atom stereocenters. The molecule has 2 N–H and O–H groups in total. The van der Waals surface area contributed by atoms with Crippen molar-refractivity contribution in [1.82, 2.24) is 9.80 Å². The third-order valence-electron chi connectivity index (χ3n) is 5.33. The van der Waals surface area contributed by atoms with Crippen molar-refractivity contribution in [1.29, 1.82) is 0 Å². The van der Waals surface area contributed by atoms with Gasteiger partial charge in [0.25, 0.3) is 0 Å². The molecule has 3 rings (SSSR count). The number of hydrogen-bond donors (Lipinski definition) is 2. The van der Waals surface area contributed by atoms with Gasteiger partial charge in [0.05, 0.1) is 0 Å².